The van der Waals surface area contributed by atoms with Gasteiger partial charge in [-0.05, 0) is 43.7 Å². The zero-order valence-corrected chi connectivity index (χ0v) is 13.8. The first-order valence-electron chi connectivity index (χ1n) is 7.11. The highest BCUT2D eigenvalue weighted by molar-refractivity contribution is 7.16. The minimum Gasteiger partial charge on any atom is -0.494 e. The first-order valence-corrected chi connectivity index (χ1v) is 7.93. The Bertz CT molecular complexity index is 733. The number of nitrogens with one attached hydrogen (secondary N) is 1. The number of hydrogen-bond donors (Lipinski definition) is 2. The van der Waals surface area contributed by atoms with Gasteiger partial charge >= 0.3 is 0 Å². The summed E-state index contributed by atoms with van der Waals surface area (Å²) in [7, 11) is 0. The largest absolute Gasteiger partial charge is 0.494 e. The van der Waals surface area contributed by atoms with Gasteiger partial charge in [-0.3, -0.25) is 9.59 Å². The zero-order valence-electron chi connectivity index (χ0n) is 13.0. The van der Waals surface area contributed by atoms with Gasteiger partial charge in [0.15, 0.2) is 0 Å². The molecule has 3 N–H and O–H groups in total. The normalized spacial score (nSPS) is 10.7. The Labute approximate surface area is 138 Å². The van der Waals surface area contributed by atoms with Crippen LogP contribution in [0.15, 0.2) is 36.4 Å². The van der Waals surface area contributed by atoms with Crippen LogP contribution in [0.4, 0.5) is 5.00 Å². The van der Waals surface area contributed by atoms with Crippen LogP contribution >= 0.6 is 11.3 Å². The number of thiophene rings is 1. The Kier molecular flexibility index (Phi) is 5.54. The maximum atomic E-state index is 12.0. The molecule has 23 heavy (non-hydrogen) atoms. The second-order valence-corrected chi connectivity index (χ2v) is 6.05. The Morgan fingerprint density at radius 1 is 1.30 bits per heavy atom. The fraction of sp³-hybridized carbons (Fsp3) is 0.176. The molecule has 2 aromatic rings. The van der Waals surface area contributed by atoms with E-state index >= 15 is 0 Å². The van der Waals surface area contributed by atoms with Crippen molar-refractivity contribution in [3.8, 4) is 5.75 Å². The Morgan fingerprint density at radius 3 is 2.61 bits per heavy atom. The summed E-state index contributed by atoms with van der Waals surface area (Å²) in [6.07, 6.45) is 3.10. The molecule has 2 rings (SSSR count). The van der Waals surface area contributed by atoms with Crippen LogP contribution in [-0.4, -0.2) is 18.4 Å². The highest BCUT2D eigenvalue weighted by Gasteiger charge is 2.13. The molecule has 0 spiro atoms. The Balaban J connectivity index is 2.03. The maximum absolute atomic E-state index is 12.0. The fourth-order valence-electron chi connectivity index (χ4n) is 1.96. The third-order valence-corrected chi connectivity index (χ3v) is 3.94. The quantitative estimate of drug-likeness (QED) is 0.798. The Morgan fingerprint density at radius 2 is 2.00 bits per heavy atom. The van der Waals surface area contributed by atoms with Crippen LogP contribution in [-0.2, 0) is 4.79 Å². The second kappa shape index (κ2) is 7.60. The van der Waals surface area contributed by atoms with Gasteiger partial charge in [0, 0.05) is 11.0 Å². The van der Waals surface area contributed by atoms with Crippen molar-refractivity contribution in [2.45, 2.75) is 13.8 Å². The molecule has 1 aromatic heterocycles. The Hall–Kier alpha value is -2.60. The first-order chi connectivity index (χ1) is 11.0. The van der Waals surface area contributed by atoms with Crippen molar-refractivity contribution in [3.63, 3.8) is 0 Å². The number of rotatable bonds is 6. The highest BCUT2D eigenvalue weighted by Crippen LogP contribution is 2.27. The van der Waals surface area contributed by atoms with Gasteiger partial charge in [0.1, 0.15) is 10.8 Å². The SMILES string of the molecule is CCOc1ccc(/C=C/C(=O)Nc2sc(C)cc2C(N)=O)cc1. The number of carbonyl (C=O) groups excluding carboxylic acids is 2. The first kappa shape index (κ1) is 16.8. The molecule has 0 saturated carbocycles. The predicted octanol–water partition coefficient (Wildman–Crippen LogP) is 3.21. The predicted molar refractivity (Wildman–Crippen MR) is 92.8 cm³/mol. The lowest BCUT2D eigenvalue weighted by Gasteiger charge is -2.03. The molecule has 0 aliphatic carbocycles. The van der Waals surface area contributed by atoms with Gasteiger partial charge in [0.2, 0.25) is 5.91 Å². The van der Waals surface area contributed by atoms with E-state index in [1.165, 1.54) is 17.4 Å². The summed E-state index contributed by atoms with van der Waals surface area (Å²) in [5.74, 6) is -0.0855. The summed E-state index contributed by atoms with van der Waals surface area (Å²) in [6, 6.07) is 9.07. The molecule has 1 heterocycles. The molecule has 0 saturated heterocycles. The van der Waals surface area contributed by atoms with Crippen molar-refractivity contribution >= 4 is 34.2 Å². The van der Waals surface area contributed by atoms with E-state index in [4.69, 9.17) is 10.5 Å². The number of ether oxygens (including phenoxy) is 1. The molecule has 6 heteroatoms. The van der Waals surface area contributed by atoms with E-state index in [1.54, 1.807) is 12.1 Å². The van der Waals surface area contributed by atoms with Crippen molar-refractivity contribution in [3.05, 3.63) is 52.4 Å². The number of hydrogen-bond acceptors (Lipinski definition) is 4. The van der Waals surface area contributed by atoms with Crippen molar-refractivity contribution in [2.75, 3.05) is 11.9 Å². The lowest BCUT2D eigenvalue weighted by atomic mass is 10.2. The molecule has 1 aromatic carbocycles. The fourth-order valence-corrected chi connectivity index (χ4v) is 2.88. The molecular formula is C17H18N2O3S. The van der Waals surface area contributed by atoms with Crippen LogP contribution in [0.25, 0.3) is 6.08 Å². The highest BCUT2D eigenvalue weighted by atomic mass is 32.1. The number of amides is 2. The molecule has 0 bridgehead atoms. The van der Waals surface area contributed by atoms with Gasteiger partial charge in [0.25, 0.3) is 5.91 Å². The van der Waals surface area contributed by atoms with Gasteiger partial charge in [0.05, 0.1) is 12.2 Å². The van der Waals surface area contributed by atoms with Gasteiger partial charge in [-0.2, -0.15) is 0 Å². The van der Waals surface area contributed by atoms with E-state index in [2.05, 4.69) is 5.32 Å². The monoisotopic (exact) mass is 330 g/mol. The molecule has 5 nitrogen and oxygen atoms in total. The third-order valence-electron chi connectivity index (χ3n) is 2.98. The van der Waals surface area contributed by atoms with Crippen LogP contribution in [0.3, 0.4) is 0 Å². The van der Waals surface area contributed by atoms with Crippen LogP contribution in [0.5, 0.6) is 5.75 Å². The third kappa shape index (κ3) is 4.69. The molecule has 0 fully saturated rings. The number of aryl methyl sites for hydroxylation is 1. The van der Waals surface area contributed by atoms with Crippen molar-refractivity contribution in [1.29, 1.82) is 0 Å². The second-order valence-electron chi connectivity index (χ2n) is 4.79. The van der Waals surface area contributed by atoms with E-state index in [0.717, 1.165) is 16.2 Å². The van der Waals surface area contributed by atoms with E-state index in [9.17, 15) is 9.59 Å². The molecule has 0 atom stereocenters. The van der Waals surface area contributed by atoms with Crippen molar-refractivity contribution in [1.82, 2.24) is 0 Å². The standard InChI is InChI=1S/C17H18N2O3S/c1-3-22-13-7-4-12(5-8-13)6-9-15(20)19-17-14(16(18)21)10-11(2)23-17/h4-10H,3H2,1-2H3,(H2,18,21)(H,19,20)/b9-6+. The molecule has 0 unspecified atom stereocenters. The number of nitrogens with two attached hydrogens (primary N) is 1. The van der Waals surface area contributed by atoms with E-state index in [1.807, 2.05) is 38.1 Å². The van der Waals surface area contributed by atoms with E-state index in [0.29, 0.717) is 17.2 Å². The van der Waals surface area contributed by atoms with Crippen LogP contribution in [0.2, 0.25) is 0 Å². The molecule has 0 aliphatic heterocycles. The minimum atomic E-state index is -0.555. The number of benzene rings is 1. The zero-order chi connectivity index (χ0) is 16.8. The lowest BCUT2D eigenvalue weighted by molar-refractivity contribution is -0.111. The average Bonchev–Trinajstić information content (AvgIpc) is 2.88. The lowest BCUT2D eigenvalue weighted by Crippen LogP contribution is -2.14. The van der Waals surface area contributed by atoms with Crippen LogP contribution in [0.1, 0.15) is 27.7 Å². The number of primary amides is 1. The van der Waals surface area contributed by atoms with E-state index in [-0.39, 0.29) is 5.91 Å². The van der Waals surface area contributed by atoms with Crippen molar-refractivity contribution in [2.24, 2.45) is 5.73 Å². The summed E-state index contributed by atoms with van der Waals surface area (Å²) in [4.78, 5) is 24.2. The van der Waals surface area contributed by atoms with Gasteiger partial charge in [-0.1, -0.05) is 12.1 Å². The molecule has 120 valence electrons. The summed E-state index contributed by atoms with van der Waals surface area (Å²) >= 11 is 1.32. The summed E-state index contributed by atoms with van der Waals surface area (Å²) < 4.78 is 5.36. The van der Waals surface area contributed by atoms with Crippen molar-refractivity contribution < 1.29 is 14.3 Å². The topological polar surface area (TPSA) is 81.4 Å². The number of anilines is 1. The maximum Gasteiger partial charge on any atom is 0.251 e. The molecule has 2 amide bonds. The molecular weight excluding hydrogens is 312 g/mol. The molecule has 0 aliphatic rings. The molecule has 0 radical (unpaired) electrons. The number of carbonyl (C=O) groups is 2. The summed E-state index contributed by atoms with van der Waals surface area (Å²) in [5.41, 5.74) is 6.50. The van der Waals surface area contributed by atoms with Crippen LogP contribution < -0.4 is 15.8 Å². The smallest absolute Gasteiger partial charge is 0.251 e. The average molecular weight is 330 g/mol. The van der Waals surface area contributed by atoms with Crippen LogP contribution in [0, 0.1) is 6.92 Å². The minimum absolute atomic E-state index is 0.316. The van der Waals surface area contributed by atoms with Gasteiger partial charge in [-0.25, -0.2) is 0 Å². The summed E-state index contributed by atoms with van der Waals surface area (Å²) in [6.45, 7) is 4.38. The van der Waals surface area contributed by atoms with Gasteiger partial charge < -0.3 is 15.8 Å². The van der Waals surface area contributed by atoms with E-state index < -0.39 is 5.91 Å². The van der Waals surface area contributed by atoms with Gasteiger partial charge in [-0.15, -0.1) is 11.3 Å². The summed E-state index contributed by atoms with van der Waals surface area (Å²) in [5, 5.41) is 3.15.